The minimum Gasteiger partial charge on any atom is -0.0626 e. The maximum Gasteiger partial charge on any atom is 0.0203 e. The molecule has 3 rings (SSSR count). The molecule has 0 saturated carbocycles. The number of fused-ring (bicyclic) bond motifs is 1. The third-order valence-corrected chi connectivity index (χ3v) is 3.87. The van der Waals surface area contributed by atoms with Crippen LogP contribution in [0.4, 0.5) is 0 Å². The van der Waals surface area contributed by atoms with Crippen LogP contribution in [-0.2, 0) is 0 Å². The molecule has 0 radical (unpaired) electrons. The minimum absolute atomic E-state index is 1.17. The second kappa shape index (κ2) is 6.83. The molecule has 1 heteroatoms. The zero-order valence-corrected chi connectivity index (χ0v) is 12.3. The van der Waals surface area contributed by atoms with Gasteiger partial charge in [-0.15, -0.1) is 0 Å². The molecular weight excluding hydrogens is 272 g/mol. The Morgan fingerprint density at radius 1 is 0.762 bits per heavy atom. The fourth-order valence-corrected chi connectivity index (χ4v) is 2.68. The first-order chi connectivity index (χ1) is 10.4. The molecule has 21 heavy (non-hydrogen) atoms. The van der Waals surface area contributed by atoms with Crippen LogP contribution in [0.2, 0.25) is 0 Å². The van der Waals surface area contributed by atoms with Crippen molar-refractivity contribution in [2.75, 3.05) is 0 Å². The summed E-state index contributed by atoms with van der Waals surface area (Å²) in [5.74, 6) is 3.08. The zero-order chi connectivity index (χ0) is 14.3. The van der Waals surface area contributed by atoms with E-state index in [0.717, 1.165) is 0 Å². The molecule has 3 aromatic rings. The summed E-state index contributed by atoms with van der Waals surface area (Å²) in [7, 11) is 0. The van der Waals surface area contributed by atoms with E-state index in [4.69, 9.17) is 0 Å². The minimum atomic E-state index is 1.17. The number of hydrogen-bond acceptors (Lipinski definition) is 1. The molecule has 0 aliphatic heterocycles. The molecular formula is C20H14S. The summed E-state index contributed by atoms with van der Waals surface area (Å²) in [5, 5.41) is 5.61. The van der Waals surface area contributed by atoms with E-state index in [1.165, 1.54) is 21.2 Å². The SMILES string of the molecule is C(#CSc1ccccc1)/C=C\c1cccc2ccccc12. The first-order valence-electron chi connectivity index (χ1n) is 6.80. The van der Waals surface area contributed by atoms with Crippen LogP contribution in [0, 0.1) is 11.2 Å². The van der Waals surface area contributed by atoms with Gasteiger partial charge >= 0.3 is 0 Å². The van der Waals surface area contributed by atoms with E-state index in [1.807, 2.05) is 24.3 Å². The van der Waals surface area contributed by atoms with E-state index in [-0.39, 0.29) is 0 Å². The Labute approximate surface area is 129 Å². The van der Waals surface area contributed by atoms with Crippen LogP contribution < -0.4 is 0 Å². The van der Waals surface area contributed by atoms with Gasteiger partial charge in [0, 0.05) is 4.90 Å². The second-order valence-corrected chi connectivity index (χ2v) is 5.44. The van der Waals surface area contributed by atoms with Crippen LogP contribution in [0.5, 0.6) is 0 Å². The van der Waals surface area contributed by atoms with Crippen molar-refractivity contribution in [1.82, 2.24) is 0 Å². The number of benzene rings is 3. The molecule has 0 atom stereocenters. The highest BCUT2D eigenvalue weighted by molar-refractivity contribution is 8.03. The Morgan fingerprint density at radius 3 is 2.43 bits per heavy atom. The fourth-order valence-electron chi connectivity index (χ4n) is 2.14. The molecule has 0 unspecified atom stereocenters. The predicted octanol–water partition coefficient (Wildman–Crippen LogP) is 5.61. The van der Waals surface area contributed by atoms with Crippen molar-refractivity contribution < 1.29 is 0 Å². The number of thioether (sulfide) groups is 1. The smallest absolute Gasteiger partial charge is 0.0203 e. The molecule has 0 aromatic heterocycles. The highest BCUT2D eigenvalue weighted by atomic mass is 32.2. The fraction of sp³-hybridized carbons (Fsp3) is 0. The molecule has 3 aromatic carbocycles. The van der Waals surface area contributed by atoms with Gasteiger partial charge in [-0.1, -0.05) is 66.6 Å². The standard InChI is InChI=1S/C20H14S/c1-2-13-19(14-3-1)21-16-7-6-10-18-12-8-11-17-9-4-5-15-20(17)18/h1-6,8-15H/b10-6-. The zero-order valence-electron chi connectivity index (χ0n) is 11.5. The molecule has 0 spiro atoms. The van der Waals surface area contributed by atoms with Crippen molar-refractivity contribution >= 4 is 28.6 Å². The van der Waals surface area contributed by atoms with Gasteiger partial charge in [-0.3, -0.25) is 0 Å². The van der Waals surface area contributed by atoms with Gasteiger partial charge in [0.05, 0.1) is 0 Å². The van der Waals surface area contributed by atoms with Crippen LogP contribution >= 0.6 is 11.8 Å². The van der Waals surface area contributed by atoms with Gasteiger partial charge in [-0.05, 0) is 57.6 Å². The summed E-state index contributed by atoms with van der Waals surface area (Å²) in [6.07, 6.45) is 3.98. The van der Waals surface area contributed by atoms with Crippen molar-refractivity contribution in [3.05, 3.63) is 84.4 Å². The van der Waals surface area contributed by atoms with Crippen LogP contribution in [0.15, 0.2) is 83.8 Å². The lowest BCUT2D eigenvalue weighted by atomic mass is 10.0. The lowest BCUT2D eigenvalue weighted by molar-refractivity contribution is 1.48. The first kappa shape index (κ1) is 13.5. The van der Waals surface area contributed by atoms with Gasteiger partial charge in [0.1, 0.15) is 0 Å². The number of hydrogen-bond donors (Lipinski definition) is 0. The first-order valence-corrected chi connectivity index (χ1v) is 7.62. The van der Waals surface area contributed by atoms with Crippen molar-refractivity contribution in [2.24, 2.45) is 0 Å². The Bertz CT molecular complexity index is 815. The van der Waals surface area contributed by atoms with Crippen LogP contribution in [0.3, 0.4) is 0 Å². The number of allylic oxidation sites excluding steroid dienone is 1. The number of rotatable bonds is 2. The molecule has 100 valence electrons. The van der Waals surface area contributed by atoms with Crippen molar-refractivity contribution in [2.45, 2.75) is 4.90 Å². The van der Waals surface area contributed by atoms with Crippen LogP contribution in [0.25, 0.3) is 16.8 Å². The molecule has 0 aliphatic rings. The van der Waals surface area contributed by atoms with E-state index in [0.29, 0.717) is 0 Å². The van der Waals surface area contributed by atoms with Gasteiger partial charge in [0.25, 0.3) is 0 Å². The average Bonchev–Trinajstić information content (AvgIpc) is 2.56. The van der Waals surface area contributed by atoms with E-state index in [2.05, 4.69) is 71.8 Å². The van der Waals surface area contributed by atoms with Gasteiger partial charge in [-0.2, -0.15) is 0 Å². The molecule has 0 saturated heterocycles. The van der Waals surface area contributed by atoms with E-state index in [1.54, 1.807) is 11.8 Å². The Kier molecular flexibility index (Phi) is 4.41. The predicted molar refractivity (Wildman–Crippen MR) is 93.1 cm³/mol. The molecule has 0 amide bonds. The largest absolute Gasteiger partial charge is 0.0626 e. The molecule has 0 nitrogen and oxygen atoms in total. The maximum atomic E-state index is 3.10. The van der Waals surface area contributed by atoms with Crippen LogP contribution in [-0.4, -0.2) is 0 Å². The topological polar surface area (TPSA) is 0 Å². The van der Waals surface area contributed by atoms with E-state index >= 15 is 0 Å². The summed E-state index contributed by atoms with van der Waals surface area (Å²) in [4.78, 5) is 1.17. The van der Waals surface area contributed by atoms with Crippen molar-refractivity contribution in [3.8, 4) is 11.2 Å². The third-order valence-electron chi connectivity index (χ3n) is 3.14. The third kappa shape index (κ3) is 3.56. The highest BCUT2D eigenvalue weighted by Crippen LogP contribution is 2.19. The molecule has 0 aliphatic carbocycles. The molecule has 0 heterocycles. The quantitative estimate of drug-likeness (QED) is 0.436. The van der Waals surface area contributed by atoms with Gasteiger partial charge < -0.3 is 0 Å². The Balaban J connectivity index is 1.74. The average molecular weight is 286 g/mol. The van der Waals surface area contributed by atoms with Crippen molar-refractivity contribution in [3.63, 3.8) is 0 Å². The summed E-state index contributed by atoms with van der Waals surface area (Å²) in [5.41, 5.74) is 1.20. The second-order valence-electron chi connectivity index (χ2n) is 4.56. The molecule has 0 fully saturated rings. The van der Waals surface area contributed by atoms with Crippen molar-refractivity contribution in [1.29, 1.82) is 0 Å². The van der Waals surface area contributed by atoms with Gasteiger partial charge in [0.2, 0.25) is 0 Å². The maximum absolute atomic E-state index is 3.10. The molecule has 0 N–H and O–H groups in total. The lowest BCUT2D eigenvalue weighted by Gasteiger charge is -2.00. The van der Waals surface area contributed by atoms with Crippen LogP contribution in [0.1, 0.15) is 5.56 Å². The highest BCUT2D eigenvalue weighted by Gasteiger charge is 1.95. The summed E-state index contributed by atoms with van der Waals surface area (Å²) >= 11 is 1.55. The van der Waals surface area contributed by atoms with Gasteiger partial charge in [-0.25, -0.2) is 0 Å². The monoisotopic (exact) mass is 286 g/mol. The summed E-state index contributed by atoms with van der Waals surface area (Å²) < 4.78 is 0. The Morgan fingerprint density at radius 2 is 1.52 bits per heavy atom. The van der Waals surface area contributed by atoms with E-state index in [9.17, 15) is 0 Å². The lowest BCUT2D eigenvalue weighted by Crippen LogP contribution is -1.76. The normalized spacial score (nSPS) is 10.5. The van der Waals surface area contributed by atoms with Gasteiger partial charge in [0.15, 0.2) is 0 Å². The Hall–Kier alpha value is -2.43. The molecule has 0 bridgehead atoms. The van der Waals surface area contributed by atoms with E-state index < -0.39 is 0 Å². The summed E-state index contributed by atoms with van der Waals surface area (Å²) in [6.45, 7) is 0. The summed E-state index contributed by atoms with van der Waals surface area (Å²) in [6, 6.07) is 24.9.